The minimum Gasteiger partial charge on any atom is -0.489 e. The number of hydrogen-bond acceptors (Lipinski definition) is 3. The lowest BCUT2D eigenvalue weighted by Gasteiger charge is -2.12. The van der Waals surface area contributed by atoms with Crippen molar-refractivity contribution in [1.82, 2.24) is 10.3 Å². The SMILES string of the molecule is Cc1cc(CNCc2ccccc2OCc2cccnc2)ccc1F. The summed E-state index contributed by atoms with van der Waals surface area (Å²) in [5.74, 6) is 0.687. The molecule has 3 aromatic rings. The number of hydrogen-bond donors (Lipinski definition) is 1. The Balaban J connectivity index is 1.58. The van der Waals surface area contributed by atoms with Gasteiger partial charge in [-0.05, 0) is 36.2 Å². The molecule has 3 rings (SSSR count). The maximum Gasteiger partial charge on any atom is 0.126 e. The smallest absolute Gasteiger partial charge is 0.126 e. The molecule has 4 heteroatoms. The number of nitrogens with zero attached hydrogens (tertiary/aromatic N) is 1. The van der Waals surface area contributed by atoms with Gasteiger partial charge < -0.3 is 10.1 Å². The third kappa shape index (κ3) is 4.88. The van der Waals surface area contributed by atoms with Crippen molar-refractivity contribution in [2.24, 2.45) is 0 Å². The van der Waals surface area contributed by atoms with E-state index in [2.05, 4.69) is 10.3 Å². The van der Waals surface area contributed by atoms with Crippen LogP contribution in [0.25, 0.3) is 0 Å². The molecule has 0 amide bonds. The highest BCUT2D eigenvalue weighted by Crippen LogP contribution is 2.19. The van der Waals surface area contributed by atoms with Crippen molar-refractivity contribution >= 4 is 0 Å². The molecule has 0 radical (unpaired) electrons. The number of ether oxygens (including phenoxy) is 1. The van der Waals surface area contributed by atoms with Gasteiger partial charge in [-0.3, -0.25) is 4.98 Å². The van der Waals surface area contributed by atoms with Gasteiger partial charge >= 0.3 is 0 Å². The molecular formula is C21H21FN2O. The molecule has 0 saturated heterocycles. The van der Waals surface area contributed by atoms with Gasteiger partial charge in [-0.15, -0.1) is 0 Å². The van der Waals surface area contributed by atoms with Gasteiger partial charge in [0.25, 0.3) is 0 Å². The molecule has 0 unspecified atom stereocenters. The number of halogens is 1. The van der Waals surface area contributed by atoms with Gasteiger partial charge in [0.05, 0.1) is 0 Å². The van der Waals surface area contributed by atoms with Crippen molar-refractivity contribution in [3.63, 3.8) is 0 Å². The fourth-order valence-corrected chi connectivity index (χ4v) is 2.59. The Morgan fingerprint density at radius 2 is 1.88 bits per heavy atom. The maximum absolute atomic E-state index is 13.3. The first-order valence-corrected chi connectivity index (χ1v) is 8.28. The van der Waals surface area contributed by atoms with Crippen LogP contribution in [0, 0.1) is 12.7 Å². The van der Waals surface area contributed by atoms with E-state index in [1.807, 2.05) is 42.5 Å². The van der Waals surface area contributed by atoms with Crippen LogP contribution in [-0.2, 0) is 19.7 Å². The van der Waals surface area contributed by atoms with Crippen molar-refractivity contribution in [2.45, 2.75) is 26.6 Å². The molecule has 0 bridgehead atoms. The standard InChI is InChI=1S/C21H21FN2O/c1-16-11-17(8-9-20(16)22)12-24-14-19-6-2-3-7-21(19)25-15-18-5-4-10-23-13-18/h2-11,13,24H,12,14-15H2,1H3. The zero-order valence-electron chi connectivity index (χ0n) is 14.2. The second-order valence-corrected chi connectivity index (χ2v) is 5.94. The number of pyridine rings is 1. The number of para-hydroxylation sites is 1. The minimum atomic E-state index is -0.169. The second-order valence-electron chi connectivity index (χ2n) is 5.94. The van der Waals surface area contributed by atoms with Gasteiger partial charge in [-0.2, -0.15) is 0 Å². The number of rotatable bonds is 7. The van der Waals surface area contributed by atoms with Crippen LogP contribution < -0.4 is 10.1 Å². The Kier molecular flexibility index (Phi) is 5.75. The molecule has 0 spiro atoms. The first-order valence-electron chi connectivity index (χ1n) is 8.28. The van der Waals surface area contributed by atoms with Crippen molar-refractivity contribution in [3.8, 4) is 5.75 Å². The van der Waals surface area contributed by atoms with E-state index < -0.39 is 0 Å². The van der Waals surface area contributed by atoms with Gasteiger partial charge in [-0.1, -0.05) is 36.4 Å². The lowest BCUT2D eigenvalue weighted by Crippen LogP contribution is -2.14. The van der Waals surface area contributed by atoms with E-state index in [0.717, 1.165) is 22.4 Å². The summed E-state index contributed by atoms with van der Waals surface area (Å²) in [5, 5.41) is 3.39. The summed E-state index contributed by atoms with van der Waals surface area (Å²) >= 11 is 0. The van der Waals surface area contributed by atoms with E-state index in [1.165, 1.54) is 6.07 Å². The molecule has 0 aliphatic rings. The van der Waals surface area contributed by atoms with Gasteiger partial charge in [0.1, 0.15) is 18.2 Å². The van der Waals surface area contributed by atoms with Crippen LogP contribution in [0.15, 0.2) is 67.0 Å². The van der Waals surface area contributed by atoms with Crippen molar-refractivity contribution < 1.29 is 9.13 Å². The second kappa shape index (κ2) is 8.40. The van der Waals surface area contributed by atoms with Crippen LogP contribution in [0.4, 0.5) is 4.39 Å². The highest BCUT2D eigenvalue weighted by molar-refractivity contribution is 5.33. The molecule has 0 atom stereocenters. The van der Waals surface area contributed by atoms with E-state index in [9.17, 15) is 4.39 Å². The molecule has 0 saturated carbocycles. The number of aromatic nitrogens is 1. The minimum absolute atomic E-state index is 0.169. The van der Waals surface area contributed by atoms with Gasteiger partial charge in [0.2, 0.25) is 0 Å². The van der Waals surface area contributed by atoms with Gasteiger partial charge in [-0.25, -0.2) is 4.39 Å². The topological polar surface area (TPSA) is 34.1 Å². The van der Waals surface area contributed by atoms with Crippen LogP contribution in [0.2, 0.25) is 0 Å². The largest absolute Gasteiger partial charge is 0.489 e. The van der Waals surface area contributed by atoms with Crippen LogP contribution in [0.5, 0.6) is 5.75 Å². The average Bonchev–Trinajstić information content (AvgIpc) is 2.65. The van der Waals surface area contributed by atoms with Crippen LogP contribution in [-0.4, -0.2) is 4.98 Å². The Morgan fingerprint density at radius 3 is 2.68 bits per heavy atom. The summed E-state index contributed by atoms with van der Waals surface area (Å²) in [5.41, 5.74) is 3.85. The Labute approximate surface area is 147 Å². The number of benzene rings is 2. The summed E-state index contributed by atoms with van der Waals surface area (Å²) < 4.78 is 19.3. The number of aryl methyl sites for hydroxylation is 1. The molecule has 1 N–H and O–H groups in total. The van der Waals surface area contributed by atoms with Gasteiger partial charge in [0.15, 0.2) is 0 Å². The van der Waals surface area contributed by atoms with E-state index in [4.69, 9.17) is 4.74 Å². The molecule has 1 heterocycles. The van der Waals surface area contributed by atoms with E-state index >= 15 is 0 Å². The predicted molar refractivity (Wildman–Crippen MR) is 96.7 cm³/mol. The highest BCUT2D eigenvalue weighted by Gasteiger charge is 2.04. The van der Waals surface area contributed by atoms with Crippen LogP contribution in [0.1, 0.15) is 22.3 Å². The lowest BCUT2D eigenvalue weighted by molar-refractivity contribution is 0.301. The summed E-state index contributed by atoms with van der Waals surface area (Å²) in [4.78, 5) is 4.10. The van der Waals surface area contributed by atoms with Crippen LogP contribution >= 0.6 is 0 Å². The molecule has 25 heavy (non-hydrogen) atoms. The monoisotopic (exact) mass is 336 g/mol. The molecule has 3 nitrogen and oxygen atoms in total. The first kappa shape index (κ1) is 17.1. The Hall–Kier alpha value is -2.72. The third-order valence-electron chi connectivity index (χ3n) is 3.96. The number of nitrogens with one attached hydrogen (secondary N) is 1. The average molecular weight is 336 g/mol. The first-order chi connectivity index (χ1) is 12.2. The van der Waals surface area contributed by atoms with E-state index in [1.54, 1.807) is 25.4 Å². The summed E-state index contributed by atoms with van der Waals surface area (Å²) in [7, 11) is 0. The summed E-state index contributed by atoms with van der Waals surface area (Å²) in [6.45, 7) is 3.63. The molecule has 1 aromatic heterocycles. The molecule has 0 aliphatic heterocycles. The predicted octanol–water partition coefficient (Wildman–Crippen LogP) is 4.40. The zero-order chi connectivity index (χ0) is 17.5. The summed E-state index contributed by atoms with van der Waals surface area (Å²) in [6.07, 6.45) is 3.55. The normalized spacial score (nSPS) is 10.6. The molecule has 128 valence electrons. The fraction of sp³-hybridized carbons (Fsp3) is 0.190. The highest BCUT2D eigenvalue weighted by atomic mass is 19.1. The zero-order valence-corrected chi connectivity index (χ0v) is 14.2. The van der Waals surface area contributed by atoms with Crippen LogP contribution in [0.3, 0.4) is 0 Å². The molecule has 0 fully saturated rings. The van der Waals surface area contributed by atoms with Crippen molar-refractivity contribution in [2.75, 3.05) is 0 Å². The molecule has 2 aromatic carbocycles. The van der Waals surface area contributed by atoms with E-state index in [-0.39, 0.29) is 5.82 Å². The fourth-order valence-electron chi connectivity index (χ4n) is 2.59. The van der Waals surface area contributed by atoms with E-state index in [0.29, 0.717) is 25.3 Å². The molecule has 0 aliphatic carbocycles. The lowest BCUT2D eigenvalue weighted by atomic mass is 10.1. The Morgan fingerprint density at radius 1 is 1.00 bits per heavy atom. The van der Waals surface area contributed by atoms with Crippen molar-refractivity contribution in [3.05, 3.63) is 95.1 Å². The summed E-state index contributed by atoms with van der Waals surface area (Å²) in [6, 6.07) is 17.0. The quantitative estimate of drug-likeness (QED) is 0.694. The Bertz CT molecular complexity index is 821. The molecular weight excluding hydrogens is 315 g/mol. The third-order valence-corrected chi connectivity index (χ3v) is 3.96. The van der Waals surface area contributed by atoms with Crippen molar-refractivity contribution in [1.29, 1.82) is 0 Å². The maximum atomic E-state index is 13.3. The van der Waals surface area contributed by atoms with Gasteiger partial charge in [0, 0.05) is 36.6 Å².